The minimum absolute atomic E-state index is 0.254. The van der Waals surface area contributed by atoms with Gasteiger partial charge in [0.2, 0.25) is 0 Å². The Labute approximate surface area is 106 Å². The van der Waals surface area contributed by atoms with E-state index in [-0.39, 0.29) is 5.75 Å². The molecule has 17 heavy (non-hydrogen) atoms. The first kappa shape index (κ1) is 16.9. The third-order valence-electron chi connectivity index (χ3n) is 2.70. The van der Waals surface area contributed by atoms with Crippen molar-refractivity contribution in [3.8, 4) is 0 Å². The molecule has 0 bridgehead atoms. The number of hydrogen-bond acceptors (Lipinski definition) is 4. The molecule has 0 aromatic carbocycles. The van der Waals surface area contributed by atoms with Gasteiger partial charge in [0.25, 0.3) is 0 Å². The Morgan fingerprint density at radius 1 is 1.18 bits per heavy atom. The van der Waals surface area contributed by atoms with Crippen molar-refractivity contribution in [2.24, 2.45) is 0 Å². The van der Waals surface area contributed by atoms with Crippen LogP contribution in [0.5, 0.6) is 0 Å². The predicted octanol–water partition coefficient (Wildman–Crippen LogP) is 1.61. The van der Waals surface area contributed by atoms with E-state index >= 15 is 0 Å². The van der Waals surface area contributed by atoms with E-state index in [1.54, 1.807) is 7.11 Å². The zero-order valence-electron chi connectivity index (χ0n) is 11.4. The monoisotopic (exact) mass is 265 g/mol. The number of methoxy groups -OCH3 is 1. The lowest BCUT2D eigenvalue weighted by Gasteiger charge is -2.11. The van der Waals surface area contributed by atoms with Crippen LogP contribution in [0.3, 0.4) is 0 Å². The summed E-state index contributed by atoms with van der Waals surface area (Å²) in [5.74, 6) is 0.569. The summed E-state index contributed by atoms with van der Waals surface area (Å²) in [7, 11) is -1.27. The van der Waals surface area contributed by atoms with Crippen LogP contribution in [0.2, 0.25) is 0 Å². The summed E-state index contributed by atoms with van der Waals surface area (Å²) in [5, 5.41) is 3.32. The van der Waals surface area contributed by atoms with E-state index in [9.17, 15) is 8.42 Å². The summed E-state index contributed by atoms with van der Waals surface area (Å²) in [6.07, 6.45) is 3.39. The summed E-state index contributed by atoms with van der Waals surface area (Å²) in [4.78, 5) is 0. The molecule has 0 saturated heterocycles. The van der Waals surface area contributed by atoms with Crippen LogP contribution in [0.15, 0.2) is 0 Å². The van der Waals surface area contributed by atoms with Crippen molar-refractivity contribution in [2.75, 3.05) is 31.8 Å². The Bertz CT molecular complexity index is 265. The quantitative estimate of drug-likeness (QED) is 0.577. The maximum atomic E-state index is 11.6. The first-order valence-corrected chi connectivity index (χ1v) is 8.26. The number of sulfone groups is 1. The van der Waals surface area contributed by atoms with Crippen LogP contribution in [0.1, 0.15) is 39.5 Å². The Morgan fingerprint density at radius 2 is 1.82 bits per heavy atom. The molecule has 0 fully saturated rings. The standard InChI is InChI=1S/C12H27NO3S/c1-4-13-12(2)8-5-6-10-17(14,15)11-7-9-16-3/h12-13H,4-11H2,1-3H3. The molecule has 0 heterocycles. The maximum absolute atomic E-state index is 11.6. The molecular weight excluding hydrogens is 238 g/mol. The van der Waals surface area contributed by atoms with Crippen LogP contribution in [0, 0.1) is 0 Å². The lowest BCUT2D eigenvalue weighted by Crippen LogP contribution is -2.25. The highest BCUT2D eigenvalue weighted by Gasteiger charge is 2.10. The molecule has 104 valence electrons. The lowest BCUT2D eigenvalue weighted by atomic mass is 10.1. The van der Waals surface area contributed by atoms with Crippen molar-refractivity contribution in [2.45, 2.75) is 45.6 Å². The highest BCUT2D eigenvalue weighted by atomic mass is 32.2. The third kappa shape index (κ3) is 10.7. The van der Waals surface area contributed by atoms with Gasteiger partial charge in [0.05, 0.1) is 11.5 Å². The normalized spacial score (nSPS) is 13.8. The van der Waals surface area contributed by atoms with Crippen molar-refractivity contribution < 1.29 is 13.2 Å². The van der Waals surface area contributed by atoms with Crippen molar-refractivity contribution in [1.82, 2.24) is 5.32 Å². The van der Waals surface area contributed by atoms with E-state index in [0.717, 1.165) is 25.8 Å². The minimum Gasteiger partial charge on any atom is -0.385 e. The van der Waals surface area contributed by atoms with E-state index in [4.69, 9.17) is 4.74 Å². The van der Waals surface area contributed by atoms with Gasteiger partial charge in [0.15, 0.2) is 0 Å². The summed E-state index contributed by atoms with van der Waals surface area (Å²) in [5.41, 5.74) is 0. The summed E-state index contributed by atoms with van der Waals surface area (Å²) in [6.45, 7) is 5.71. The van der Waals surface area contributed by atoms with E-state index in [2.05, 4.69) is 19.2 Å². The third-order valence-corrected chi connectivity index (χ3v) is 4.52. The lowest BCUT2D eigenvalue weighted by molar-refractivity contribution is 0.199. The molecule has 1 atom stereocenters. The van der Waals surface area contributed by atoms with Crippen molar-refractivity contribution in [3.05, 3.63) is 0 Å². The Balaban J connectivity index is 3.58. The van der Waals surface area contributed by atoms with E-state index in [1.165, 1.54) is 0 Å². The second-order valence-corrected chi connectivity index (χ2v) is 6.76. The fourth-order valence-electron chi connectivity index (χ4n) is 1.75. The first-order valence-electron chi connectivity index (χ1n) is 6.44. The molecule has 0 aliphatic rings. The second-order valence-electron chi connectivity index (χ2n) is 4.45. The average molecular weight is 265 g/mol. The molecule has 0 spiro atoms. The maximum Gasteiger partial charge on any atom is 0.150 e. The average Bonchev–Trinajstić information content (AvgIpc) is 2.25. The minimum atomic E-state index is -2.86. The molecule has 1 unspecified atom stereocenters. The van der Waals surface area contributed by atoms with Crippen molar-refractivity contribution in [3.63, 3.8) is 0 Å². The smallest absolute Gasteiger partial charge is 0.150 e. The number of hydrogen-bond donors (Lipinski definition) is 1. The molecule has 0 amide bonds. The summed E-state index contributed by atoms with van der Waals surface area (Å²) >= 11 is 0. The molecule has 0 aromatic heterocycles. The van der Waals surface area contributed by atoms with Gasteiger partial charge in [-0.2, -0.15) is 0 Å². The number of ether oxygens (including phenoxy) is 1. The fraction of sp³-hybridized carbons (Fsp3) is 1.00. The Kier molecular flexibility index (Phi) is 9.78. The molecule has 0 rings (SSSR count). The molecule has 0 radical (unpaired) electrons. The molecular formula is C12H27NO3S. The fourth-order valence-corrected chi connectivity index (χ4v) is 3.15. The van der Waals surface area contributed by atoms with Gasteiger partial charge < -0.3 is 10.1 Å². The topological polar surface area (TPSA) is 55.4 Å². The highest BCUT2D eigenvalue weighted by Crippen LogP contribution is 2.04. The molecule has 0 aromatic rings. The SMILES string of the molecule is CCNC(C)CCCCS(=O)(=O)CCCOC. The largest absolute Gasteiger partial charge is 0.385 e. The van der Waals surface area contributed by atoms with Crippen molar-refractivity contribution in [1.29, 1.82) is 0 Å². The van der Waals surface area contributed by atoms with Crippen LogP contribution < -0.4 is 5.32 Å². The first-order chi connectivity index (χ1) is 8.02. The van der Waals surface area contributed by atoms with Gasteiger partial charge in [-0.05, 0) is 32.7 Å². The molecule has 5 heteroatoms. The molecule has 0 saturated carbocycles. The van der Waals surface area contributed by atoms with E-state index in [1.807, 2.05) is 0 Å². The highest BCUT2D eigenvalue weighted by molar-refractivity contribution is 7.91. The van der Waals surface area contributed by atoms with Gasteiger partial charge in [0.1, 0.15) is 9.84 Å². The number of nitrogens with one attached hydrogen (secondary N) is 1. The predicted molar refractivity (Wildman–Crippen MR) is 72.1 cm³/mol. The molecule has 1 N–H and O–H groups in total. The molecule has 0 aliphatic carbocycles. The van der Waals surface area contributed by atoms with Gasteiger partial charge in [0, 0.05) is 19.8 Å². The van der Waals surface area contributed by atoms with Crippen molar-refractivity contribution >= 4 is 9.84 Å². The van der Waals surface area contributed by atoms with Gasteiger partial charge >= 0.3 is 0 Å². The van der Waals surface area contributed by atoms with Gasteiger partial charge in [-0.1, -0.05) is 13.3 Å². The number of rotatable bonds is 11. The molecule has 4 nitrogen and oxygen atoms in total. The number of unbranched alkanes of at least 4 members (excludes halogenated alkanes) is 1. The van der Waals surface area contributed by atoms with Crippen LogP contribution in [-0.2, 0) is 14.6 Å². The van der Waals surface area contributed by atoms with Crippen LogP contribution >= 0.6 is 0 Å². The van der Waals surface area contributed by atoms with E-state index < -0.39 is 9.84 Å². The Morgan fingerprint density at radius 3 is 2.41 bits per heavy atom. The van der Waals surface area contributed by atoms with Crippen LogP contribution in [0.25, 0.3) is 0 Å². The van der Waals surface area contributed by atoms with Crippen LogP contribution in [-0.4, -0.2) is 46.2 Å². The summed E-state index contributed by atoms with van der Waals surface area (Å²) < 4.78 is 28.1. The van der Waals surface area contributed by atoms with Gasteiger partial charge in [-0.15, -0.1) is 0 Å². The van der Waals surface area contributed by atoms with E-state index in [0.29, 0.717) is 24.8 Å². The summed E-state index contributed by atoms with van der Waals surface area (Å²) in [6, 6.07) is 0.483. The second kappa shape index (κ2) is 9.85. The van der Waals surface area contributed by atoms with Gasteiger partial charge in [-0.3, -0.25) is 0 Å². The van der Waals surface area contributed by atoms with Gasteiger partial charge in [-0.25, -0.2) is 8.42 Å². The zero-order chi connectivity index (χ0) is 13.1. The molecule has 0 aliphatic heterocycles. The van der Waals surface area contributed by atoms with Crippen LogP contribution in [0.4, 0.5) is 0 Å². The Hall–Kier alpha value is -0.130. The zero-order valence-corrected chi connectivity index (χ0v) is 12.2.